The molecule has 2 rings (SSSR count). The predicted octanol–water partition coefficient (Wildman–Crippen LogP) is 4.31. The maximum Gasteiger partial charge on any atom is 0.314 e. The molecule has 2 atom stereocenters. The van der Waals surface area contributed by atoms with Gasteiger partial charge in [-0.2, -0.15) is 0 Å². The number of rotatable bonds is 7. The second-order valence-electron chi connectivity index (χ2n) is 5.99. The number of benzene rings is 2. The molecule has 1 amide bonds. The van der Waals surface area contributed by atoms with E-state index in [-0.39, 0.29) is 17.8 Å². The van der Waals surface area contributed by atoms with Gasteiger partial charge < -0.3 is 10.1 Å². The van der Waals surface area contributed by atoms with E-state index in [0.29, 0.717) is 12.1 Å². The molecule has 0 saturated carbocycles. The van der Waals surface area contributed by atoms with Crippen molar-refractivity contribution in [1.82, 2.24) is 0 Å². The monoisotopic (exact) mass is 339 g/mol. The Morgan fingerprint density at radius 2 is 1.64 bits per heavy atom. The quantitative estimate of drug-likeness (QED) is 0.765. The van der Waals surface area contributed by atoms with Crippen molar-refractivity contribution in [3.63, 3.8) is 0 Å². The maximum absolute atomic E-state index is 12.4. The molecule has 0 radical (unpaired) electrons. The molecule has 0 aliphatic rings. The van der Waals surface area contributed by atoms with Crippen LogP contribution in [0.1, 0.15) is 44.2 Å². The van der Waals surface area contributed by atoms with Crippen molar-refractivity contribution in [3.8, 4) is 0 Å². The molecule has 0 unspecified atom stereocenters. The topological polar surface area (TPSA) is 55.4 Å². The van der Waals surface area contributed by atoms with Gasteiger partial charge in [-0.15, -0.1) is 0 Å². The largest absolute Gasteiger partial charge is 0.452 e. The second-order valence-corrected chi connectivity index (χ2v) is 5.99. The van der Waals surface area contributed by atoms with Gasteiger partial charge in [0.05, 0.1) is 5.92 Å². The molecule has 2 aromatic carbocycles. The van der Waals surface area contributed by atoms with Crippen LogP contribution in [0.4, 0.5) is 5.69 Å². The lowest BCUT2D eigenvalue weighted by atomic mass is 9.97. The van der Waals surface area contributed by atoms with Crippen LogP contribution >= 0.6 is 0 Å². The van der Waals surface area contributed by atoms with Crippen molar-refractivity contribution in [2.45, 2.75) is 45.6 Å². The summed E-state index contributed by atoms with van der Waals surface area (Å²) in [4.78, 5) is 24.7. The first-order chi connectivity index (χ1) is 12.0. The highest BCUT2D eigenvalue weighted by Gasteiger charge is 2.25. The Hall–Kier alpha value is -2.62. The van der Waals surface area contributed by atoms with Gasteiger partial charge in [-0.05, 0) is 43.0 Å². The minimum Gasteiger partial charge on any atom is -0.452 e. The van der Waals surface area contributed by atoms with E-state index >= 15 is 0 Å². The van der Waals surface area contributed by atoms with Crippen LogP contribution in [-0.4, -0.2) is 18.0 Å². The summed E-state index contributed by atoms with van der Waals surface area (Å²) in [5.41, 5.74) is 2.80. The SMILES string of the molecule is CCc1ccc(NC(=O)[C@H](C)OC(=O)[C@H](CC)c2ccccc2)cc1. The summed E-state index contributed by atoms with van der Waals surface area (Å²) in [5, 5.41) is 2.78. The molecule has 0 saturated heterocycles. The molecule has 4 heteroatoms. The van der Waals surface area contributed by atoms with E-state index in [2.05, 4.69) is 12.2 Å². The number of hydrogen-bond acceptors (Lipinski definition) is 3. The Morgan fingerprint density at radius 1 is 1.00 bits per heavy atom. The molecule has 0 bridgehead atoms. The van der Waals surface area contributed by atoms with Crippen LogP contribution in [0.5, 0.6) is 0 Å². The Kier molecular flexibility index (Phi) is 6.75. The number of hydrogen-bond donors (Lipinski definition) is 1. The van der Waals surface area contributed by atoms with E-state index in [1.807, 2.05) is 61.5 Å². The molecule has 0 aliphatic heterocycles. The highest BCUT2D eigenvalue weighted by Crippen LogP contribution is 2.21. The second kappa shape index (κ2) is 9.02. The van der Waals surface area contributed by atoms with Gasteiger partial charge in [0.15, 0.2) is 6.10 Å². The van der Waals surface area contributed by atoms with Crippen LogP contribution in [0.25, 0.3) is 0 Å². The fourth-order valence-electron chi connectivity index (χ4n) is 2.60. The number of esters is 1. The summed E-state index contributed by atoms with van der Waals surface area (Å²) in [6.07, 6.45) is 0.714. The van der Waals surface area contributed by atoms with E-state index in [1.54, 1.807) is 6.92 Å². The summed E-state index contributed by atoms with van der Waals surface area (Å²) in [7, 11) is 0. The van der Waals surface area contributed by atoms with Crippen molar-refractivity contribution in [3.05, 3.63) is 65.7 Å². The molecule has 0 spiro atoms. The maximum atomic E-state index is 12.4. The standard InChI is InChI=1S/C21H25NO3/c1-4-16-11-13-18(14-12-16)22-20(23)15(3)25-21(24)19(5-2)17-9-7-6-8-10-17/h6-15,19H,4-5H2,1-3H3,(H,22,23)/t15-,19+/m0/s1. The summed E-state index contributed by atoms with van der Waals surface area (Å²) in [6, 6.07) is 17.1. The fourth-order valence-corrected chi connectivity index (χ4v) is 2.60. The number of nitrogens with one attached hydrogen (secondary N) is 1. The third-order valence-corrected chi connectivity index (χ3v) is 4.19. The highest BCUT2D eigenvalue weighted by molar-refractivity contribution is 5.95. The molecule has 0 fully saturated rings. The van der Waals surface area contributed by atoms with Crippen molar-refractivity contribution in [2.75, 3.05) is 5.32 Å². The zero-order chi connectivity index (χ0) is 18.2. The van der Waals surface area contributed by atoms with Crippen LogP contribution < -0.4 is 5.32 Å². The number of aryl methyl sites for hydroxylation is 1. The molecular formula is C21H25NO3. The normalized spacial score (nSPS) is 12.9. The van der Waals surface area contributed by atoms with Crippen molar-refractivity contribution >= 4 is 17.6 Å². The van der Waals surface area contributed by atoms with E-state index in [4.69, 9.17) is 4.74 Å². The van der Waals surface area contributed by atoms with Gasteiger partial charge in [0.2, 0.25) is 0 Å². The van der Waals surface area contributed by atoms with E-state index < -0.39 is 6.10 Å². The third-order valence-electron chi connectivity index (χ3n) is 4.19. The molecule has 0 aromatic heterocycles. The van der Waals surface area contributed by atoms with E-state index in [9.17, 15) is 9.59 Å². The Balaban J connectivity index is 1.96. The van der Waals surface area contributed by atoms with Crippen LogP contribution in [0.2, 0.25) is 0 Å². The lowest BCUT2D eigenvalue weighted by molar-refractivity contribution is -0.154. The minimum absolute atomic E-state index is 0.333. The van der Waals surface area contributed by atoms with Crippen LogP contribution in [0, 0.1) is 0 Å². The van der Waals surface area contributed by atoms with Gasteiger partial charge in [0.25, 0.3) is 5.91 Å². The first-order valence-corrected chi connectivity index (χ1v) is 8.70. The molecule has 2 aromatic rings. The smallest absolute Gasteiger partial charge is 0.314 e. The number of amides is 1. The van der Waals surface area contributed by atoms with Gasteiger partial charge in [-0.3, -0.25) is 9.59 Å². The van der Waals surface area contributed by atoms with E-state index in [1.165, 1.54) is 5.56 Å². The van der Waals surface area contributed by atoms with Gasteiger partial charge in [0, 0.05) is 5.69 Å². The number of carbonyl (C=O) groups excluding carboxylic acids is 2. The van der Waals surface area contributed by atoms with Crippen molar-refractivity contribution in [2.24, 2.45) is 0 Å². The summed E-state index contributed by atoms with van der Waals surface area (Å²) in [6.45, 7) is 5.59. The fraction of sp³-hybridized carbons (Fsp3) is 0.333. The lowest BCUT2D eigenvalue weighted by Crippen LogP contribution is -2.31. The van der Waals surface area contributed by atoms with Gasteiger partial charge in [0.1, 0.15) is 0 Å². The van der Waals surface area contributed by atoms with Gasteiger partial charge >= 0.3 is 5.97 Å². The van der Waals surface area contributed by atoms with Gasteiger partial charge in [-0.25, -0.2) is 0 Å². The molecule has 25 heavy (non-hydrogen) atoms. The number of carbonyl (C=O) groups is 2. The molecule has 132 valence electrons. The minimum atomic E-state index is -0.851. The number of anilines is 1. The Bertz CT molecular complexity index is 695. The first-order valence-electron chi connectivity index (χ1n) is 8.70. The Morgan fingerprint density at radius 3 is 2.20 bits per heavy atom. The van der Waals surface area contributed by atoms with Crippen molar-refractivity contribution in [1.29, 1.82) is 0 Å². The van der Waals surface area contributed by atoms with E-state index in [0.717, 1.165) is 12.0 Å². The predicted molar refractivity (Wildman–Crippen MR) is 99.5 cm³/mol. The van der Waals surface area contributed by atoms with Crippen LogP contribution in [0.15, 0.2) is 54.6 Å². The third kappa shape index (κ3) is 5.18. The molecule has 0 aliphatic carbocycles. The highest BCUT2D eigenvalue weighted by atomic mass is 16.5. The summed E-state index contributed by atoms with van der Waals surface area (Å²) < 4.78 is 5.39. The zero-order valence-corrected chi connectivity index (χ0v) is 15.0. The first kappa shape index (κ1) is 18.7. The molecular weight excluding hydrogens is 314 g/mol. The van der Waals surface area contributed by atoms with Gasteiger partial charge in [-0.1, -0.05) is 56.3 Å². The van der Waals surface area contributed by atoms with Crippen LogP contribution in [-0.2, 0) is 20.7 Å². The molecule has 0 heterocycles. The lowest BCUT2D eigenvalue weighted by Gasteiger charge is -2.18. The molecule has 1 N–H and O–H groups in total. The van der Waals surface area contributed by atoms with Crippen molar-refractivity contribution < 1.29 is 14.3 Å². The molecule has 4 nitrogen and oxygen atoms in total. The Labute approximate surface area is 149 Å². The zero-order valence-electron chi connectivity index (χ0n) is 15.0. The van der Waals surface area contributed by atoms with Crippen LogP contribution in [0.3, 0.4) is 0 Å². The summed E-state index contributed by atoms with van der Waals surface area (Å²) >= 11 is 0. The average Bonchev–Trinajstić information content (AvgIpc) is 2.63. The number of ether oxygens (including phenoxy) is 1. The summed E-state index contributed by atoms with van der Waals surface area (Å²) in [5.74, 6) is -1.07. The average molecular weight is 339 g/mol.